The molecule has 1 unspecified atom stereocenters. The summed E-state index contributed by atoms with van der Waals surface area (Å²) in [4.78, 5) is 11.3. The highest BCUT2D eigenvalue weighted by atomic mass is 16.3. The van der Waals surface area contributed by atoms with Crippen LogP contribution in [0.5, 0.6) is 0 Å². The highest BCUT2D eigenvalue weighted by Gasteiger charge is 2.24. The molecule has 0 aliphatic carbocycles. The lowest BCUT2D eigenvalue weighted by Gasteiger charge is -2.26. The van der Waals surface area contributed by atoms with Crippen molar-refractivity contribution in [1.82, 2.24) is 5.32 Å². The predicted octanol–water partition coefficient (Wildman–Crippen LogP) is -1.03. The average Bonchev–Trinajstić information content (AvgIpc) is 2.17. The largest absolute Gasteiger partial charge is 0.394 e. The van der Waals surface area contributed by atoms with Crippen LogP contribution in [0.2, 0.25) is 0 Å². The summed E-state index contributed by atoms with van der Waals surface area (Å²) in [7, 11) is 0. The molecule has 5 nitrogen and oxygen atoms in total. The van der Waals surface area contributed by atoms with Crippen LogP contribution in [0.3, 0.4) is 0 Å². The first-order valence-corrected chi connectivity index (χ1v) is 4.75. The minimum absolute atomic E-state index is 0.170. The van der Waals surface area contributed by atoms with Crippen molar-refractivity contribution >= 4 is 5.91 Å². The Morgan fingerprint density at radius 3 is 2.36 bits per heavy atom. The standard InChI is InChI=1S/C9H20N2O3/c1-3-7(10)4-8(14)11-9(2,5-12)6-13/h7,12-13H,3-6,10H2,1-2H3,(H,11,14). The Morgan fingerprint density at radius 2 is 2.00 bits per heavy atom. The van der Waals surface area contributed by atoms with E-state index in [-0.39, 0.29) is 31.6 Å². The molecule has 0 aliphatic rings. The second-order valence-electron chi connectivity index (χ2n) is 3.80. The molecule has 0 bridgehead atoms. The van der Waals surface area contributed by atoms with Gasteiger partial charge in [-0.25, -0.2) is 0 Å². The molecule has 14 heavy (non-hydrogen) atoms. The van der Waals surface area contributed by atoms with E-state index in [1.165, 1.54) is 0 Å². The van der Waals surface area contributed by atoms with E-state index in [9.17, 15) is 4.79 Å². The average molecular weight is 204 g/mol. The zero-order chi connectivity index (χ0) is 11.2. The summed E-state index contributed by atoms with van der Waals surface area (Å²) < 4.78 is 0. The maximum absolute atomic E-state index is 11.3. The molecule has 0 aromatic carbocycles. The van der Waals surface area contributed by atoms with Gasteiger partial charge in [-0.3, -0.25) is 4.79 Å². The summed E-state index contributed by atoms with van der Waals surface area (Å²) in [5, 5.41) is 20.4. The maximum atomic E-state index is 11.3. The molecule has 0 spiro atoms. The van der Waals surface area contributed by atoms with Gasteiger partial charge in [0.2, 0.25) is 5.91 Å². The van der Waals surface area contributed by atoms with Crippen LogP contribution in [0.25, 0.3) is 0 Å². The normalized spacial score (nSPS) is 13.8. The number of aliphatic hydroxyl groups excluding tert-OH is 2. The third-order valence-electron chi connectivity index (χ3n) is 2.11. The molecule has 5 heteroatoms. The fourth-order valence-electron chi connectivity index (χ4n) is 0.899. The Morgan fingerprint density at radius 1 is 1.50 bits per heavy atom. The zero-order valence-corrected chi connectivity index (χ0v) is 8.79. The number of amides is 1. The van der Waals surface area contributed by atoms with Gasteiger partial charge in [-0.1, -0.05) is 6.92 Å². The maximum Gasteiger partial charge on any atom is 0.222 e. The molecule has 5 N–H and O–H groups in total. The lowest BCUT2D eigenvalue weighted by atomic mass is 10.0. The molecule has 1 amide bonds. The smallest absolute Gasteiger partial charge is 0.222 e. The van der Waals surface area contributed by atoms with E-state index >= 15 is 0 Å². The Bertz CT molecular complexity index is 181. The number of carbonyl (C=O) groups excluding carboxylic acids is 1. The van der Waals surface area contributed by atoms with Gasteiger partial charge in [0.25, 0.3) is 0 Å². The first-order chi connectivity index (χ1) is 6.47. The highest BCUT2D eigenvalue weighted by Crippen LogP contribution is 2.02. The monoisotopic (exact) mass is 204 g/mol. The summed E-state index contributed by atoms with van der Waals surface area (Å²) in [6.07, 6.45) is 0.939. The molecular formula is C9H20N2O3. The molecule has 0 rings (SSSR count). The van der Waals surface area contributed by atoms with Crippen molar-refractivity contribution in [3.05, 3.63) is 0 Å². The fraction of sp³-hybridized carbons (Fsp3) is 0.889. The van der Waals surface area contributed by atoms with Crippen LogP contribution in [0.1, 0.15) is 26.7 Å². The van der Waals surface area contributed by atoms with Gasteiger partial charge in [0.1, 0.15) is 0 Å². The number of aliphatic hydroxyl groups is 2. The van der Waals surface area contributed by atoms with E-state index < -0.39 is 5.54 Å². The van der Waals surface area contributed by atoms with Gasteiger partial charge in [0.05, 0.1) is 18.8 Å². The number of hydrogen-bond acceptors (Lipinski definition) is 4. The lowest BCUT2D eigenvalue weighted by Crippen LogP contribution is -2.52. The summed E-state index contributed by atoms with van der Waals surface area (Å²) in [6, 6.07) is -0.170. The third kappa shape index (κ3) is 4.55. The first kappa shape index (κ1) is 13.4. The number of nitrogens with two attached hydrogens (primary N) is 1. The van der Waals surface area contributed by atoms with Gasteiger partial charge >= 0.3 is 0 Å². The SMILES string of the molecule is CCC(N)CC(=O)NC(C)(CO)CO. The van der Waals surface area contributed by atoms with E-state index in [1.807, 2.05) is 6.92 Å². The molecule has 0 aromatic rings. The van der Waals surface area contributed by atoms with Gasteiger partial charge in [-0.2, -0.15) is 0 Å². The number of nitrogens with one attached hydrogen (secondary N) is 1. The van der Waals surface area contributed by atoms with Crippen molar-refractivity contribution in [3.8, 4) is 0 Å². The van der Waals surface area contributed by atoms with Crippen LogP contribution in [0, 0.1) is 0 Å². The molecule has 0 saturated carbocycles. The molecule has 0 saturated heterocycles. The summed E-state index contributed by atoms with van der Waals surface area (Å²) >= 11 is 0. The van der Waals surface area contributed by atoms with Crippen LogP contribution >= 0.6 is 0 Å². The summed E-state index contributed by atoms with van der Waals surface area (Å²) in [5.41, 5.74) is 4.64. The second kappa shape index (κ2) is 5.95. The third-order valence-corrected chi connectivity index (χ3v) is 2.11. The quantitative estimate of drug-likeness (QED) is 0.445. The van der Waals surface area contributed by atoms with E-state index in [2.05, 4.69) is 5.32 Å². The predicted molar refractivity (Wildman–Crippen MR) is 53.6 cm³/mol. The van der Waals surface area contributed by atoms with Crippen molar-refractivity contribution in [2.45, 2.75) is 38.3 Å². The summed E-state index contributed by atoms with van der Waals surface area (Å²) in [5.74, 6) is -0.245. The van der Waals surface area contributed by atoms with Gasteiger partial charge < -0.3 is 21.3 Å². The van der Waals surface area contributed by atoms with E-state index in [0.29, 0.717) is 0 Å². The van der Waals surface area contributed by atoms with Crippen molar-refractivity contribution in [3.63, 3.8) is 0 Å². The van der Waals surface area contributed by atoms with Crippen molar-refractivity contribution in [1.29, 1.82) is 0 Å². The molecular weight excluding hydrogens is 184 g/mol. The number of carbonyl (C=O) groups is 1. The van der Waals surface area contributed by atoms with Crippen LogP contribution < -0.4 is 11.1 Å². The number of rotatable bonds is 6. The van der Waals surface area contributed by atoms with Gasteiger partial charge in [0, 0.05) is 12.5 Å². The van der Waals surface area contributed by atoms with Crippen LogP contribution in [0.15, 0.2) is 0 Å². The molecule has 0 fully saturated rings. The minimum atomic E-state index is -0.954. The van der Waals surface area contributed by atoms with E-state index in [4.69, 9.17) is 15.9 Å². The molecule has 0 aromatic heterocycles. The van der Waals surface area contributed by atoms with Gasteiger partial charge in [-0.15, -0.1) is 0 Å². The number of hydrogen-bond donors (Lipinski definition) is 4. The fourth-order valence-corrected chi connectivity index (χ4v) is 0.899. The Labute approximate surface area is 84.3 Å². The topological polar surface area (TPSA) is 95.6 Å². The van der Waals surface area contributed by atoms with Crippen molar-refractivity contribution in [2.75, 3.05) is 13.2 Å². The Kier molecular flexibility index (Phi) is 5.68. The summed E-state index contributed by atoms with van der Waals surface area (Å²) in [6.45, 7) is 2.88. The minimum Gasteiger partial charge on any atom is -0.394 e. The van der Waals surface area contributed by atoms with Crippen LogP contribution in [-0.2, 0) is 4.79 Å². The lowest BCUT2D eigenvalue weighted by molar-refractivity contribution is -0.124. The first-order valence-electron chi connectivity index (χ1n) is 4.75. The molecule has 0 aliphatic heterocycles. The molecule has 84 valence electrons. The molecule has 0 radical (unpaired) electrons. The second-order valence-corrected chi connectivity index (χ2v) is 3.80. The van der Waals surface area contributed by atoms with Crippen molar-refractivity contribution < 1.29 is 15.0 Å². The Hall–Kier alpha value is -0.650. The van der Waals surface area contributed by atoms with Crippen LogP contribution in [-0.4, -0.2) is 40.9 Å². The molecule has 0 heterocycles. The zero-order valence-electron chi connectivity index (χ0n) is 8.79. The highest BCUT2D eigenvalue weighted by molar-refractivity contribution is 5.77. The van der Waals surface area contributed by atoms with Crippen LogP contribution in [0.4, 0.5) is 0 Å². The van der Waals surface area contributed by atoms with E-state index in [1.54, 1.807) is 6.92 Å². The van der Waals surface area contributed by atoms with Crippen molar-refractivity contribution in [2.24, 2.45) is 5.73 Å². The Balaban J connectivity index is 4.04. The van der Waals surface area contributed by atoms with E-state index in [0.717, 1.165) is 6.42 Å². The molecule has 1 atom stereocenters. The van der Waals surface area contributed by atoms with Gasteiger partial charge in [-0.05, 0) is 13.3 Å². The van der Waals surface area contributed by atoms with Gasteiger partial charge in [0.15, 0.2) is 0 Å².